The van der Waals surface area contributed by atoms with E-state index >= 15 is 0 Å². The first kappa shape index (κ1) is 23.0. The molecule has 0 saturated heterocycles. The number of aromatic nitrogens is 6. The highest BCUT2D eigenvalue weighted by molar-refractivity contribution is 5.80. The van der Waals surface area contributed by atoms with Gasteiger partial charge < -0.3 is 10.4 Å². The fourth-order valence-corrected chi connectivity index (χ4v) is 3.91. The van der Waals surface area contributed by atoms with Gasteiger partial charge in [0.15, 0.2) is 0 Å². The normalized spacial score (nSPS) is 10.9. The zero-order chi connectivity index (χ0) is 23.9. The SMILES string of the molecule is CCCCc1nc(C)nc(NCC(=O)O)c1Cc1ccc(-c2ccccc2-c2nn[nH]n2)cc1. The Hall–Kier alpha value is -4.14. The van der Waals surface area contributed by atoms with Gasteiger partial charge in [-0.2, -0.15) is 5.21 Å². The monoisotopic (exact) mass is 457 g/mol. The van der Waals surface area contributed by atoms with Gasteiger partial charge in [-0.3, -0.25) is 4.79 Å². The van der Waals surface area contributed by atoms with Crippen molar-refractivity contribution in [3.8, 4) is 22.5 Å². The maximum Gasteiger partial charge on any atom is 0.322 e. The molecule has 2 aromatic carbocycles. The second-order valence-electron chi connectivity index (χ2n) is 8.05. The van der Waals surface area contributed by atoms with Crippen molar-refractivity contribution in [3.05, 3.63) is 71.2 Å². The Balaban J connectivity index is 1.64. The first-order valence-electron chi connectivity index (χ1n) is 11.3. The second-order valence-corrected chi connectivity index (χ2v) is 8.05. The maximum absolute atomic E-state index is 11.1. The molecule has 0 spiro atoms. The summed E-state index contributed by atoms with van der Waals surface area (Å²) in [5, 5.41) is 26.5. The van der Waals surface area contributed by atoms with Crippen LogP contribution < -0.4 is 5.32 Å². The van der Waals surface area contributed by atoms with Crippen LogP contribution in [0, 0.1) is 6.92 Å². The van der Waals surface area contributed by atoms with E-state index < -0.39 is 5.97 Å². The Morgan fingerprint density at radius 2 is 1.82 bits per heavy atom. The lowest BCUT2D eigenvalue weighted by Crippen LogP contribution is -2.17. The molecule has 0 amide bonds. The maximum atomic E-state index is 11.1. The van der Waals surface area contributed by atoms with E-state index in [4.69, 9.17) is 5.11 Å². The predicted molar refractivity (Wildman–Crippen MR) is 129 cm³/mol. The molecule has 0 unspecified atom stereocenters. The number of aliphatic carboxylic acids is 1. The van der Waals surface area contributed by atoms with Crippen molar-refractivity contribution in [2.24, 2.45) is 0 Å². The van der Waals surface area contributed by atoms with E-state index in [0.29, 0.717) is 23.9 Å². The summed E-state index contributed by atoms with van der Waals surface area (Å²) in [5.74, 6) is 0.844. The van der Waals surface area contributed by atoms with Gasteiger partial charge >= 0.3 is 5.97 Å². The van der Waals surface area contributed by atoms with Gasteiger partial charge in [-0.1, -0.05) is 61.9 Å². The van der Waals surface area contributed by atoms with E-state index in [0.717, 1.165) is 52.8 Å². The van der Waals surface area contributed by atoms with Crippen LogP contribution in [0.5, 0.6) is 0 Å². The van der Waals surface area contributed by atoms with Crippen LogP contribution in [0.25, 0.3) is 22.5 Å². The third kappa shape index (κ3) is 5.43. The smallest absolute Gasteiger partial charge is 0.322 e. The molecule has 4 aromatic rings. The number of anilines is 1. The van der Waals surface area contributed by atoms with Gasteiger partial charge in [0.05, 0.1) is 0 Å². The average molecular weight is 458 g/mol. The molecule has 34 heavy (non-hydrogen) atoms. The number of carboxylic acids is 1. The highest BCUT2D eigenvalue weighted by Crippen LogP contribution is 2.30. The summed E-state index contributed by atoms with van der Waals surface area (Å²) in [4.78, 5) is 20.3. The van der Waals surface area contributed by atoms with Crippen molar-refractivity contribution in [3.63, 3.8) is 0 Å². The summed E-state index contributed by atoms with van der Waals surface area (Å²) in [7, 11) is 0. The van der Waals surface area contributed by atoms with Gasteiger partial charge in [0, 0.05) is 23.2 Å². The zero-order valence-electron chi connectivity index (χ0n) is 19.2. The number of nitrogens with one attached hydrogen (secondary N) is 2. The topological polar surface area (TPSA) is 130 Å². The van der Waals surface area contributed by atoms with Gasteiger partial charge in [-0.25, -0.2) is 9.97 Å². The Bertz CT molecular complexity index is 1260. The highest BCUT2D eigenvalue weighted by atomic mass is 16.4. The summed E-state index contributed by atoms with van der Waals surface area (Å²) in [6.45, 7) is 3.78. The van der Waals surface area contributed by atoms with Crippen molar-refractivity contribution in [1.29, 1.82) is 0 Å². The number of H-pyrrole nitrogens is 1. The number of hydrogen-bond donors (Lipinski definition) is 3. The van der Waals surface area contributed by atoms with E-state index in [2.05, 4.69) is 67.1 Å². The molecule has 0 aliphatic rings. The summed E-state index contributed by atoms with van der Waals surface area (Å²) >= 11 is 0. The van der Waals surface area contributed by atoms with E-state index in [9.17, 15) is 4.79 Å². The number of benzene rings is 2. The van der Waals surface area contributed by atoms with Gasteiger partial charge in [-0.15, -0.1) is 10.2 Å². The minimum absolute atomic E-state index is 0.192. The van der Waals surface area contributed by atoms with Crippen LogP contribution in [-0.2, 0) is 17.6 Å². The lowest BCUT2D eigenvalue weighted by atomic mass is 9.96. The first-order chi connectivity index (χ1) is 16.5. The van der Waals surface area contributed by atoms with Crippen LogP contribution in [0.15, 0.2) is 48.5 Å². The van der Waals surface area contributed by atoms with Crippen LogP contribution in [0.3, 0.4) is 0 Å². The third-order valence-corrected chi connectivity index (χ3v) is 5.54. The van der Waals surface area contributed by atoms with E-state index in [1.165, 1.54) is 0 Å². The van der Waals surface area contributed by atoms with Crippen LogP contribution in [0.1, 0.15) is 42.4 Å². The van der Waals surface area contributed by atoms with Gasteiger partial charge in [-0.05, 0) is 41.7 Å². The Morgan fingerprint density at radius 3 is 2.50 bits per heavy atom. The molecule has 4 rings (SSSR count). The Morgan fingerprint density at radius 1 is 1.06 bits per heavy atom. The standard InChI is InChI=1S/C25H27N7O2/c1-3-4-9-22-21(24(26-15-23(33)34)28-16(2)27-22)14-17-10-12-18(13-11-17)19-7-5-6-8-20(19)25-29-31-32-30-25/h5-8,10-13H,3-4,9,14-15H2,1-2H3,(H,33,34)(H,26,27,28)(H,29,30,31,32). The minimum Gasteiger partial charge on any atom is -0.480 e. The van der Waals surface area contributed by atoms with E-state index in [-0.39, 0.29) is 6.54 Å². The predicted octanol–water partition coefficient (Wildman–Crippen LogP) is 4.06. The molecule has 2 heterocycles. The molecule has 0 saturated carbocycles. The summed E-state index contributed by atoms with van der Waals surface area (Å²) < 4.78 is 0. The quantitative estimate of drug-likeness (QED) is 0.325. The van der Waals surface area contributed by atoms with Crippen molar-refractivity contribution in [1.82, 2.24) is 30.6 Å². The van der Waals surface area contributed by atoms with Crippen molar-refractivity contribution in [2.45, 2.75) is 39.5 Å². The van der Waals surface area contributed by atoms with E-state index in [1.807, 2.05) is 31.2 Å². The molecule has 0 atom stereocenters. The molecule has 0 bridgehead atoms. The lowest BCUT2D eigenvalue weighted by Gasteiger charge is -2.16. The molecule has 2 aromatic heterocycles. The number of rotatable bonds is 10. The van der Waals surface area contributed by atoms with Crippen LogP contribution in [-0.4, -0.2) is 48.2 Å². The van der Waals surface area contributed by atoms with Crippen molar-refractivity contribution < 1.29 is 9.90 Å². The number of unbranched alkanes of at least 4 members (excludes halogenated alkanes) is 1. The molecular formula is C25H27N7O2. The van der Waals surface area contributed by atoms with Crippen LogP contribution in [0.2, 0.25) is 0 Å². The summed E-state index contributed by atoms with van der Waals surface area (Å²) in [6.07, 6.45) is 3.49. The van der Waals surface area contributed by atoms with Gasteiger partial charge in [0.2, 0.25) is 5.82 Å². The molecule has 0 aliphatic carbocycles. The molecule has 174 valence electrons. The Labute approximate surface area is 197 Å². The molecule has 0 radical (unpaired) electrons. The number of tetrazole rings is 1. The average Bonchev–Trinajstić information content (AvgIpc) is 3.38. The minimum atomic E-state index is -0.929. The summed E-state index contributed by atoms with van der Waals surface area (Å²) in [5.41, 5.74) is 5.96. The van der Waals surface area contributed by atoms with Gasteiger partial charge in [0.25, 0.3) is 0 Å². The third-order valence-electron chi connectivity index (χ3n) is 5.54. The zero-order valence-corrected chi connectivity index (χ0v) is 19.2. The van der Waals surface area contributed by atoms with Gasteiger partial charge in [0.1, 0.15) is 18.2 Å². The molecule has 0 fully saturated rings. The molecular weight excluding hydrogens is 430 g/mol. The molecule has 0 aliphatic heterocycles. The number of aryl methyl sites for hydroxylation is 2. The number of nitrogens with zero attached hydrogens (tertiary/aromatic N) is 5. The number of carbonyl (C=O) groups is 1. The number of carboxylic acid groups (broad SMARTS) is 1. The fraction of sp³-hybridized carbons (Fsp3) is 0.280. The number of hydrogen-bond acceptors (Lipinski definition) is 7. The molecule has 9 heteroatoms. The van der Waals surface area contributed by atoms with Crippen LogP contribution in [0.4, 0.5) is 5.82 Å². The number of aromatic amines is 1. The van der Waals surface area contributed by atoms with Crippen LogP contribution >= 0.6 is 0 Å². The fourth-order valence-electron chi connectivity index (χ4n) is 3.91. The Kier molecular flexibility index (Phi) is 7.22. The largest absolute Gasteiger partial charge is 0.480 e. The lowest BCUT2D eigenvalue weighted by molar-refractivity contribution is -0.134. The van der Waals surface area contributed by atoms with Crippen molar-refractivity contribution >= 4 is 11.8 Å². The second kappa shape index (κ2) is 10.7. The van der Waals surface area contributed by atoms with E-state index in [1.54, 1.807) is 0 Å². The molecule has 3 N–H and O–H groups in total. The molecule has 9 nitrogen and oxygen atoms in total. The first-order valence-corrected chi connectivity index (χ1v) is 11.3. The van der Waals surface area contributed by atoms with Crippen molar-refractivity contribution in [2.75, 3.05) is 11.9 Å². The highest BCUT2D eigenvalue weighted by Gasteiger charge is 2.15. The summed E-state index contributed by atoms with van der Waals surface area (Å²) in [6, 6.07) is 16.2.